The molecule has 1 heterocycles. The molecule has 1 amide bonds. The van der Waals surface area contributed by atoms with Gasteiger partial charge in [-0.1, -0.05) is 6.42 Å². The Bertz CT molecular complexity index is 603. The zero-order valence-corrected chi connectivity index (χ0v) is 12.9. The fraction of sp³-hybridized carbons (Fsp3) is 0.467. The smallest absolute Gasteiger partial charge is 0.326 e. The Morgan fingerprint density at radius 1 is 1.29 bits per heavy atom. The molecule has 112 valence electrons. The summed E-state index contributed by atoms with van der Waals surface area (Å²) < 4.78 is 0.507. The van der Waals surface area contributed by atoms with Crippen LogP contribution in [0.5, 0.6) is 5.75 Å². The van der Waals surface area contributed by atoms with Crippen molar-refractivity contribution in [3.05, 3.63) is 28.2 Å². The van der Waals surface area contributed by atoms with E-state index in [0.29, 0.717) is 22.5 Å². The first-order chi connectivity index (χ1) is 9.99. The average Bonchev–Trinajstić information content (AvgIpc) is 3.00. The summed E-state index contributed by atoms with van der Waals surface area (Å²) in [6.07, 6.45) is 2.90. The van der Waals surface area contributed by atoms with E-state index in [4.69, 9.17) is 0 Å². The molecule has 0 bridgehead atoms. The van der Waals surface area contributed by atoms with E-state index >= 15 is 0 Å². The standard InChI is InChI=1S/C15H16BrNO4/c16-11-5-4-8(6-12(11)18)14(19)17-7-9-2-1-3-10(9)13(17)15(20)21/h4-6,9-10,13,18H,1-3,7H2,(H,20,21). The van der Waals surface area contributed by atoms with Crippen molar-refractivity contribution in [2.45, 2.75) is 25.3 Å². The minimum Gasteiger partial charge on any atom is -0.507 e. The SMILES string of the molecule is O=C(O)C1C2CCCC2CN1C(=O)c1ccc(Br)c(O)c1. The number of hydrogen-bond acceptors (Lipinski definition) is 3. The van der Waals surface area contributed by atoms with Crippen LogP contribution in [0.25, 0.3) is 0 Å². The number of aliphatic carboxylic acids is 1. The van der Waals surface area contributed by atoms with Gasteiger partial charge >= 0.3 is 5.97 Å². The van der Waals surface area contributed by atoms with Crippen LogP contribution >= 0.6 is 15.9 Å². The molecule has 1 aromatic carbocycles. The second-order valence-corrected chi connectivity index (χ2v) is 6.62. The molecular formula is C15H16BrNO4. The second-order valence-electron chi connectivity index (χ2n) is 5.76. The summed E-state index contributed by atoms with van der Waals surface area (Å²) in [6.45, 7) is 0.497. The lowest BCUT2D eigenvalue weighted by Crippen LogP contribution is -2.43. The number of hydrogen-bond donors (Lipinski definition) is 2. The summed E-state index contributed by atoms with van der Waals surface area (Å²) in [5.41, 5.74) is 0.321. The molecule has 2 aliphatic rings. The largest absolute Gasteiger partial charge is 0.507 e. The minimum atomic E-state index is -0.931. The molecule has 0 spiro atoms. The molecule has 0 radical (unpaired) electrons. The van der Waals surface area contributed by atoms with E-state index in [1.54, 1.807) is 12.1 Å². The summed E-state index contributed by atoms with van der Waals surface area (Å²) in [4.78, 5) is 25.6. The number of carbonyl (C=O) groups is 2. The highest BCUT2D eigenvalue weighted by Crippen LogP contribution is 2.42. The van der Waals surface area contributed by atoms with Crippen LogP contribution in [-0.4, -0.2) is 39.6 Å². The first-order valence-electron chi connectivity index (χ1n) is 7.01. The number of rotatable bonds is 2. The molecule has 3 unspecified atom stereocenters. The predicted octanol–water partition coefficient (Wildman–Crippen LogP) is 2.48. The number of carboxylic acids is 1. The van der Waals surface area contributed by atoms with E-state index in [-0.39, 0.29) is 17.6 Å². The first-order valence-corrected chi connectivity index (χ1v) is 7.80. The highest BCUT2D eigenvalue weighted by atomic mass is 79.9. The topological polar surface area (TPSA) is 77.8 Å². The Morgan fingerprint density at radius 2 is 2.05 bits per heavy atom. The van der Waals surface area contributed by atoms with Gasteiger partial charge < -0.3 is 15.1 Å². The van der Waals surface area contributed by atoms with Crippen LogP contribution in [0.15, 0.2) is 22.7 Å². The molecule has 1 aromatic rings. The van der Waals surface area contributed by atoms with Crippen molar-refractivity contribution in [1.29, 1.82) is 0 Å². The number of fused-ring (bicyclic) bond motifs is 1. The Kier molecular flexibility index (Phi) is 3.65. The number of halogens is 1. The van der Waals surface area contributed by atoms with Gasteiger partial charge in [0.15, 0.2) is 0 Å². The third-order valence-electron chi connectivity index (χ3n) is 4.60. The monoisotopic (exact) mass is 353 g/mol. The number of likely N-dealkylation sites (tertiary alicyclic amines) is 1. The molecule has 21 heavy (non-hydrogen) atoms. The van der Waals surface area contributed by atoms with Crippen molar-refractivity contribution in [2.75, 3.05) is 6.54 Å². The lowest BCUT2D eigenvalue weighted by Gasteiger charge is -2.24. The van der Waals surface area contributed by atoms with E-state index in [2.05, 4.69) is 15.9 Å². The van der Waals surface area contributed by atoms with Crippen LogP contribution in [0.2, 0.25) is 0 Å². The number of carboxylic acid groups (broad SMARTS) is 1. The van der Waals surface area contributed by atoms with Gasteiger partial charge in [0, 0.05) is 12.1 Å². The van der Waals surface area contributed by atoms with Gasteiger partial charge in [-0.3, -0.25) is 4.79 Å². The number of carbonyl (C=O) groups excluding carboxylic acids is 1. The highest BCUT2D eigenvalue weighted by molar-refractivity contribution is 9.10. The zero-order chi connectivity index (χ0) is 15.1. The maximum atomic E-state index is 12.6. The van der Waals surface area contributed by atoms with Crippen LogP contribution in [-0.2, 0) is 4.79 Å². The lowest BCUT2D eigenvalue weighted by atomic mass is 9.94. The third-order valence-corrected chi connectivity index (χ3v) is 5.27. The lowest BCUT2D eigenvalue weighted by molar-refractivity contribution is -0.142. The predicted molar refractivity (Wildman–Crippen MR) is 79.1 cm³/mol. The summed E-state index contributed by atoms with van der Waals surface area (Å²) in [7, 11) is 0. The van der Waals surface area contributed by atoms with Crippen molar-refractivity contribution in [1.82, 2.24) is 4.90 Å². The number of aromatic hydroxyl groups is 1. The number of nitrogens with zero attached hydrogens (tertiary/aromatic N) is 1. The molecule has 6 heteroatoms. The summed E-state index contributed by atoms with van der Waals surface area (Å²) >= 11 is 3.17. The Labute approximate surface area is 130 Å². The molecule has 2 fully saturated rings. The molecule has 3 rings (SSSR count). The number of benzene rings is 1. The van der Waals surface area contributed by atoms with Crippen LogP contribution in [0.3, 0.4) is 0 Å². The van der Waals surface area contributed by atoms with Crippen LogP contribution in [0.1, 0.15) is 29.6 Å². The van der Waals surface area contributed by atoms with Gasteiger partial charge in [-0.05, 0) is 58.8 Å². The van der Waals surface area contributed by atoms with E-state index in [1.807, 2.05) is 0 Å². The maximum Gasteiger partial charge on any atom is 0.326 e. The molecule has 3 atom stereocenters. The molecule has 5 nitrogen and oxygen atoms in total. The van der Waals surface area contributed by atoms with Crippen LogP contribution < -0.4 is 0 Å². The summed E-state index contributed by atoms with van der Waals surface area (Å²) in [5.74, 6) is -0.916. The molecular weight excluding hydrogens is 338 g/mol. The van der Waals surface area contributed by atoms with Crippen LogP contribution in [0.4, 0.5) is 0 Å². The van der Waals surface area contributed by atoms with Gasteiger partial charge in [0.2, 0.25) is 0 Å². The van der Waals surface area contributed by atoms with Crippen LogP contribution in [0, 0.1) is 11.8 Å². The normalized spacial score (nSPS) is 27.7. The van der Waals surface area contributed by atoms with Gasteiger partial charge in [-0.15, -0.1) is 0 Å². The average molecular weight is 354 g/mol. The number of amides is 1. The van der Waals surface area contributed by atoms with Crippen molar-refractivity contribution < 1.29 is 19.8 Å². The molecule has 1 saturated carbocycles. The zero-order valence-electron chi connectivity index (χ0n) is 11.3. The third kappa shape index (κ3) is 2.41. The molecule has 2 N–H and O–H groups in total. The van der Waals surface area contributed by atoms with Gasteiger partial charge in [0.25, 0.3) is 5.91 Å². The van der Waals surface area contributed by atoms with Crippen molar-refractivity contribution in [3.63, 3.8) is 0 Å². The van der Waals surface area contributed by atoms with E-state index in [1.165, 1.54) is 11.0 Å². The minimum absolute atomic E-state index is 0.0212. The van der Waals surface area contributed by atoms with E-state index in [0.717, 1.165) is 19.3 Å². The number of phenolic OH excluding ortho intramolecular Hbond substituents is 1. The number of phenols is 1. The highest BCUT2D eigenvalue weighted by Gasteiger charge is 2.49. The summed E-state index contributed by atoms with van der Waals surface area (Å²) in [6, 6.07) is 3.82. The van der Waals surface area contributed by atoms with Gasteiger partial charge in [0.05, 0.1) is 4.47 Å². The Morgan fingerprint density at radius 3 is 2.71 bits per heavy atom. The first kappa shape index (κ1) is 14.4. The Hall–Kier alpha value is -1.56. The quantitative estimate of drug-likeness (QED) is 0.855. The van der Waals surface area contributed by atoms with E-state index < -0.39 is 12.0 Å². The van der Waals surface area contributed by atoms with Crippen molar-refractivity contribution >= 4 is 27.8 Å². The van der Waals surface area contributed by atoms with Gasteiger partial charge in [0.1, 0.15) is 11.8 Å². The molecule has 1 saturated heterocycles. The van der Waals surface area contributed by atoms with E-state index in [9.17, 15) is 19.8 Å². The second kappa shape index (κ2) is 5.33. The molecule has 0 aromatic heterocycles. The fourth-order valence-corrected chi connectivity index (χ4v) is 3.89. The molecule has 1 aliphatic carbocycles. The fourth-order valence-electron chi connectivity index (χ4n) is 3.64. The Balaban J connectivity index is 1.89. The van der Waals surface area contributed by atoms with Gasteiger partial charge in [-0.2, -0.15) is 0 Å². The summed E-state index contributed by atoms with van der Waals surface area (Å²) in [5, 5.41) is 19.2. The maximum absolute atomic E-state index is 12.6. The van der Waals surface area contributed by atoms with Gasteiger partial charge in [-0.25, -0.2) is 4.79 Å². The molecule has 1 aliphatic heterocycles. The van der Waals surface area contributed by atoms with Crippen molar-refractivity contribution in [3.8, 4) is 5.75 Å². The van der Waals surface area contributed by atoms with Crippen molar-refractivity contribution in [2.24, 2.45) is 11.8 Å².